The van der Waals surface area contributed by atoms with E-state index in [-0.39, 0.29) is 34.0 Å². The molecule has 4 rings (SSSR count). The molecule has 0 fully saturated rings. The van der Waals surface area contributed by atoms with Crippen molar-refractivity contribution in [1.82, 2.24) is 4.90 Å². The summed E-state index contributed by atoms with van der Waals surface area (Å²) in [6.45, 7) is 0.135. The summed E-state index contributed by atoms with van der Waals surface area (Å²) >= 11 is 0.717. The van der Waals surface area contributed by atoms with Crippen LogP contribution in [0.25, 0.3) is 6.08 Å². The molecule has 0 unspecified atom stereocenters. The van der Waals surface area contributed by atoms with Crippen LogP contribution in [0.1, 0.15) is 11.1 Å². The summed E-state index contributed by atoms with van der Waals surface area (Å²) < 4.78 is 39.0. The maximum atomic E-state index is 12.5. The monoisotopic (exact) mass is 515 g/mol. The molecule has 2 aromatic carbocycles. The molecule has 2 aliphatic rings. The van der Waals surface area contributed by atoms with Crippen LogP contribution in [0, 0.1) is 15.5 Å². The van der Waals surface area contributed by atoms with E-state index in [1.807, 2.05) is 0 Å². The predicted octanol–water partition coefficient (Wildman–Crippen LogP) is 2.80. The first-order chi connectivity index (χ1) is 16.6. The largest absolute Gasteiger partial charge is 0.493 e. The number of nitrogens with one attached hydrogen (secondary N) is 1. The highest BCUT2D eigenvalue weighted by molar-refractivity contribution is 8.16. The van der Waals surface area contributed by atoms with E-state index in [9.17, 15) is 23.3 Å². The van der Waals surface area contributed by atoms with Crippen LogP contribution >= 0.6 is 11.9 Å². The molecule has 2 aliphatic heterocycles. The van der Waals surface area contributed by atoms with Gasteiger partial charge in [-0.25, -0.2) is 13.3 Å². The lowest BCUT2D eigenvalue weighted by Crippen LogP contribution is -2.45. The summed E-state index contributed by atoms with van der Waals surface area (Å²) in [6.07, 6.45) is 2.36. The number of methoxy groups -OCH3 is 1. The van der Waals surface area contributed by atoms with Crippen LogP contribution in [0.2, 0.25) is 0 Å². The van der Waals surface area contributed by atoms with Gasteiger partial charge in [0, 0.05) is 18.4 Å². The number of ether oxygens (including phenoxy) is 2. The van der Waals surface area contributed by atoms with Gasteiger partial charge in [0.2, 0.25) is 20.2 Å². The predicted molar refractivity (Wildman–Crippen MR) is 130 cm³/mol. The Morgan fingerprint density at radius 3 is 2.54 bits per heavy atom. The highest BCUT2D eigenvalue weighted by Gasteiger charge is 2.41. The van der Waals surface area contributed by atoms with Crippen LogP contribution in [0.3, 0.4) is 0 Å². The number of nitro groups is 1. The molecule has 35 heavy (non-hydrogen) atoms. The molecule has 0 spiro atoms. The summed E-state index contributed by atoms with van der Waals surface area (Å²) in [4.78, 5) is 27.7. The molecular formula is C21H17N5O7S2. The second-order valence-corrected chi connectivity index (χ2v) is 9.94. The first kappa shape index (κ1) is 24.1. The van der Waals surface area contributed by atoms with Crippen molar-refractivity contribution >= 4 is 55.6 Å². The molecule has 2 aromatic rings. The zero-order valence-corrected chi connectivity index (χ0v) is 19.9. The Morgan fingerprint density at radius 1 is 1.20 bits per heavy atom. The summed E-state index contributed by atoms with van der Waals surface area (Å²) in [6, 6.07) is 10.8. The Balaban J connectivity index is 1.56. The average Bonchev–Trinajstić information content (AvgIpc) is 3.25. The van der Waals surface area contributed by atoms with Crippen molar-refractivity contribution in [3.8, 4) is 11.5 Å². The number of hydrogen-bond acceptors (Lipinski definition) is 10. The number of non-ortho nitro benzene ring substituents is 1. The Kier molecular flexibility index (Phi) is 6.41. The van der Waals surface area contributed by atoms with Crippen molar-refractivity contribution in [2.24, 2.45) is 9.39 Å². The van der Waals surface area contributed by atoms with Gasteiger partial charge in [0.15, 0.2) is 11.5 Å². The molecule has 0 atom stereocenters. The quantitative estimate of drug-likeness (QED) is 0.263. The Bertz CT molecular complexity index is 1450. The number of amides is 1. The molecule has 0 radical (unpaired) electrons. The number of nitrogens with zero attached hydrogens (tertiary/aromatic N) is 4. The van der Waals surface area contributed by atoms with Gasteiger partial charge in [-0.1, -0.05) is 6.07 Å². The smallest absolute Gasteiger partial charge is 0.283 e. The molecule has 1 N–H and O–H groups in total. The van der Waals surface area contributed by atoms with Gasteiger partial charge in [-0.3, -0.25) is 20.3 Å². The number of amidine groups is 3. The van der Waals surface area contributed by atoms with Crippen LogP contribution in [-0.4, -0.2) is 53.7 Å². The zero-order valence-electron chi connectivity index (χ0n) is 18.3. The van der Waals surface area contributed by atoms with Crippen molar-refractivity contribution in [2.75, 3.05) is 13.4 Å². The van der Waals surface area contributed by atoms with Gasteiger partial charge >= 0.3 is 0 Å². The minimum absolute atomic E-state index is 0.00477. The van der Waals surface area contributed by atoms with E-state index in [0.717, 1.165) is 11.2 Å². The highest BCUT2D eigenvalue weighted by atomic mass is 32.2. The summed E-state index contributed by atoms with van der Waals surface area (Å²) in [5.74, 6) is -0.320. The van der Waals surface area contributed by atoms with Gasteiger partial charge in [-0.05, 0) is 41.5 Å². The number of rotatable bonds is 6. The molecule has 0 saturated carbocycles. The van der Waals surface area contributed by atoms with E-state index >= 15 is 0 Å². The van der Waals surface area contributed by atoms with Crippen LogP contribution < -0.4 is 9.47 Å². The second kappa shape index (κ2) is 9.31. The minimum Gasteiger partial charge on any atom is -0.493 e. The fourth-order valence-corrected chi connectivity index (χ4v) is 5.02. The normalized spacial score (nSPS) is 16.6. The first-order valence-electron chi connectivity index (χ1n) is 9.81. The number of nitro benzene ring substituents is 1. The number of aliphatic imine (C=N–C) groups is 1. The molecule has 180 valence electrons. The molecule has 0 bridgehead atoms. The maximum absolute atomic E-state index is 12.5. The number of benzene rings is 2. The van der Waals surface area contributed by atoms with E-state index in [1.165, 1.54) is 25.3 Å². The van der Waals surface area contributed by atoms with Crippen LogP contribution in [0.5, 0.6) is 11.5 Å². The van der Waals surface area contributed by atoms with Crippen molar-refractivity contribution in [3.63, 3.8) is 0 Å². The van der Waals surface area contributed by atoms with Crippen molar-refractivity contribution in [2.45, 2.75) is 6.61 Å². The molecular weight excluding hydrogens is 498 g/mol. The molecule has 0 aromatic heterocycles. The highest BCUT2D eigenvalue weighted by Crippen LogP contribution is 2.32. The fourth-order valence-electron chi connectivity index (χ4n) is 3.17. The lowest BCUT2D eigenvalue weighted by atomic mass is 10.1. The SMILES string of the molecule is COc1cc(/C=C2/C(=N)N3C(=NC2=O)SN=C3S(C)(=O)=O)ccc1OCc1ccc([N+](=O)[O-])cc1. The van der Waals surface area contributed by atoms with E-state index in [4.69, 9.17) is 14.9 Å². The van der Waals surface area contributed by atoms with Gasteiger partial charge in [-0.2, -0.15) is 9.39 Å². The topological polar surface area (TPSA) is 165 Å². The molecule has 14 heteroatoms. The Labute approximate surface area is 203 Å². The van der Waals surface area contributed by atoms with Crippen LogP contribution in [0.4, 0.5) is 5.69 Å². The van der Waals surface area contributed by atoms with Crippen LogP contribution in [-0.2, 0) is 21.2 Å². The molecule has 12 nitrogen and oxygen atoms in total. The number of hydrogen-bond donors (Lipinski definition) is 1. The maximum Gasteiger partial charge on any atom is 0.283 e. The van der Waals surface area contributed by atoms with Gasteiger partial charge in [0.05, 0.1) is 29.6 Å². The molecule has 1 amide bonds. The van der Waals surface area contributed by atoms with Gasteiger partial charge in [-0.15, -0.1) is 0 Å². The van der Waals surface area contributed by atoms with E-state index in [0.29, 0.717) is 34.6 Å². The van der Waals surface area contributed by atoms with E-state index in [2.05, 4.69) is 9.39 Å². The van der Waals surface area contributed by atoms with Crippen LogP contribution in [0.15, 0.2) is 57.4 Å². The Morgan fingerprint density at radius 2 is 1.91 bits per heavy atom. The van der Waals surface area contributed by atoms with Gasteiger partial charge < -0.3 is 9.47 Å². The Hall–Kier alpha value is -4.04. The third kappa shape index (κ3) is 4.93. The van der Waals surface area contributed by atoms with E-state index < -0.39 is 20.7 Å². The fraction of sp³-hybridized carbons (Fsp3) is 0.143. The lowest BCUT2D eigenvalue weighted by molar-refractivity contribution is -0.384. The number of carbonyl (C=O) groups is 1. The second-order valence-electron chi connectivity index (χ2n) is 7.30. The summed E-state index contributed by atoms with van der Waals surface area (Å²) in [7, 11) is -2.31. The average molecular weight is 516 g/mol. The summed E-state index contributed by atoms with van der Waals surface area (Å²) in [5.41, 5.74) is 1.06. The molecule has 0 saturated heterocycles. The van der Waals surface area contributed by atoms with Gasteiger partial charge in [0.1, 0.15) is 12.4 Å². The van der Waals surface area contributed by atoms with Gasteiger partial charge in [0.25, 0.3) is 11.6 Å². The first-order valence-corrected chi connectivity index (χ1v) is 12.5. The summed E-state index contributed by atoms with van der Waals surface area (Å²) in [5, 5.41) is 18.8. The third-order valence-electron chi connectivity index (χ3n) is 4.87. The minimum atomic E-state index is -3.75. The van der Waals surface area contributed by atoms with E-state index in [1.54, 1.807) is 30.3 Å². The number of sulfone groups is 1. The van der Waals surface area contributed by atoms with Crippen molar-refractivity contribution in [3.05, 3.63) is 69.3 Å². The molecule has 0 aliphatic carbocycles. The zero-order chi connectivity index (χ0) is 25.3. The lowest BCUT2D eigenvalue weighted by Gasteiger charge is -2.23. The third-order valence-corrected chi connectivity index (χ3v) is 6.62. The molecule has 2 heterocycles. The van der Waals surface area contributed by atoms with Crippen molar-refractivity contribution in [1.29, 1.82) is 5.41 Å². The number of carbonyl (C=O) groups excluding carboxylic acids is 1. The number of fused-ring (bicyclic) bond motifs is 1. The standard InChI is InChI=1S/C21H17N5O7S2/c1-32-17-10-13(5-8-16(17)33-11-12-3-6-14(7-4-12)26(28)29)9-15-18(22)25-20(23-19(15)27)34-24-21(25)35(2,30)31/h3-10,22H,11H2,1-2H3/b15-9-,22-18?. The van der Waals surface area contributed by atoms with Crippen molar-refractivity contribution < 1.29 is 27.6 Å².